The lowest BCUT2D eigenvalue weighted by Gasteiger charge is -2.41. The van der Waals surface area contributed by atoms with Crippen molar-refractivity contribution in [3.63, 3.8) is 0 Å². The van der Waals surface area contributed by atoms with Gasteiger partial charge in [0.25, 0.3) is 0 Å². The van der Waals surface area contributed by atoms with E-state index in [1.54, 1.807) is 0 Å². The van der Waals surface area contributed by atoms with E-state index >= 15 is 0 Å². The molecule has 1 aromatic rings. The number of nitrogens with zero attached hydrogens (tertiary/aromatic N) is 4. The first-order valence-corrected chi connectivity index (χ1v) is 18.2. The van der Waals surface area contributed by atoms with Crippen LogP contribution < -0.4 is 0 Å². The highest BCUT2D eigenvalue weighted by atomic mass is 35.5. The van der Waals surface area contributed by atoms with Crippen LogP contribution in [0.25, 0.3) is 0 Å². The molecule has 0 bridgehead atoms. The minimum absolute atomic E-state index is 0.0644. The lowest BCUT2D eigenvalue weighted by molar-refractivity contribution is -0.143. The number of hydrogen-bond donors (Lipinski definition) is 0. The monoisotopic (exact) mass is 656 g/mol. The maximum Gasteiger partial charge on any atom is 0.227 e. The molecule has 4 atom stereocenters. The summed E-state index contributed by atoms with van der Waals surface area (Å²) in [4.78, 5) is 50.9. The Hall–Kier alpha value is -2.16. The van der Waals surface area contributed by atoms with Gasteiger partial charge >= 0.3 is 0 Å². The molecule has 4 fully saturated rings. The highest BCUT2D eigenvalue weighted by Crippen LogP contribution is 2.38. The van der Waals surface area contributed by atoms with Gasteiger partial charge in [-0.3, -0.25) is 19.3 Å². The van der Waals surface area contributed by atoms with Crippen molar-refractivity contribution in [2.24, 2.45) is 23.7 Å². The van der Waals surface area contributed by atoms with Crippen molar-refractivity contribution >= 4 is 29.3 Å². The van der Waals surface area contributed by atoms with E-state index in [9.17, 15) is 14.4 Å². The second-order valence-corrected chi connectivity index (χ2v) is 16.3. The molecule has 1 aromatic carbocycles. The van der Waals surface area contributed by atoms with Gasteiger partial charge in [0.15, 0.2) is 0 Å². The van der Waals surface area contributed by atoms with Gasteiger partial charge in [0.05, 0.1) is 25.2 Å². The van der Waals surface area contributed by atoms with Gasteiger partial charge in [-0.25, -0.2) is 0 Å². The van der Waals surface area contributed by atoms with E-state index in [0.29, 0.717) is 63.2 Å². The maximum absolute atomic E-state index is 14.9. The molecule has 3 saturated heterocycles. The fourth-order valence-electron chi connectivity index (χ4n) is 8.22. The number of morpholine rings is 1. The number of hydrogen-bond acceptors (Lipinski definition) is 5. The summed E-state index contributed by atoms with van der Waals surface area (Å²) >= 11 is 6.20. The molecule has 256 valence electrons. The summed E-state index contributed by atoms with van der Waals surface area (Å²) in [5.41, 5.74) is 1.12. The van der Waals surface area contributed by atoms with Crippen LogP contribution in [0.5, 0.6) is 0 Å². The van der Waals surface area contributed by atoms with Gasteiger partial charge in [0, 0.05) is 67.7 Å². The molecule has 0 spiro atoms. The predicted molar refractivity (Wildman–Crippen MR) is 182 cm³/mol. The van der Waals surface area contributed by atoms with Gasteiger partial charge in [0.1, 0.15) is 0 Å². The predicted octanol–water partition coefficient (Wildman–Crippen LogP) is 5.51. The van der Waals surface area contributed by atoms with E-state index in [1.807, 2.05) is 35.8 Å². The zero-order valence-corrected chi connectivity index (χ0v) is 29.8. The highest BCUT2D eigenvalue weighted by Gasteiger charge is 2.48. The van der Waals surface area contributed by atoms with Crippen molar-refractivity contribution in [2.75, 3.05) is 45.9 Å². The van der Waals surface area contributed by atoms with Gasteiger partial charge < -0.3 is 19.4 Å². The van der Waals surface area contributed by atoms with Crippen molar-refractivity contribution in [1.29, 1.82) is 0 Å². The van der Waals surface area contributed by atoms with E-state index < -0.39 is 0 Å². The maximum atomic E-state index is 14.9. The minimum Gasteiger partial charge on any atom is -0.378 e. The number of carbonyl (C=O) groups excluding carboxylic acids is 3. The summed E-state index contributed by atoms with van der Waals surface area (Å²) in [6.45, 7) is 17.3. The number of ether oxygens (including phenoxy) is 1. The first kappa shape index (κ1) is 35.2. The molecule has 5 rings (SSSR count). The number of carbonyl (C=O) groups is 3. The summed E-state index contributed by atoms with van der Waals surface area (Å²) in [7, 11) is 0. The van der Waals surface area contributed by atoms with Crippen molar-refractivity contribution in [2.45, 2.75) is 110 Å². The van der Waals surface area contributed by atoms with Crippen LogP contribution in [0.3, 0.4) is 0 Å². The molecule has 0 unspecified atom stereocenters. The van der Waals surface area contributed by atoms with E-state index in [-0.39, 0.29) is 59.1 Å². The van der Waals surface area contributed by atoms with E-state index in [2.05, 4.69) is 49.6 Å². The standard InChI is InChI=1S/C37H57ClN4O4/c1-25(2)35(44)42(30-13-7-26(3)8-14-30)32-20-31(21-34(43)39-15-17-46-18-16-39)41(23-32)36(45)33-24-40(37(4,5)6)22-28(33)19-27-9-11-29(38)12-10-27/h9-12,25-26,28,30-33H,7-8,13-24H2,1-6H3/t26?,28-,30?,31+,32+,33-/m1/s1. The summed E-state index contributed by atoms with van der Waals surface area (Å²) in [6.07, 6.45) is 6.01. The van der Waals surface area contributed by atoms with Gasteiger partial charge in [-0.1, -0.05) is 44.5 Å². The fraction of sp³-hybridized carbons (Fsp3) is 0.757. The largest absolute Gasteiger partial charge is 0.378 e. The summed E-state index contributed by atoms with van der Waals surface area (Å²) < 4.78 is 5.51. The number of likely N-dealkylation sites (tertiary alicyclic amines) is 2. The topological polar surface area (TPSA) is 73.4 Å². The zero-order chi connectivity index (χ0) is 33.2. The average molecular weight is 657 g/mol. The van der Waals surface area contributed by atoms with Gasteiger partial charge in [-0.05, 0) is 88.8 Å². The average Bonchev–Trinajstić information content (AvgIpc) is 3.64. The second-order valence-electron chi connectivity index (χ2n) is 15.8. The molecule has 0 N–H and O–H groups in total. The SMILES string of the molecule is CC1CCC(N(C(=O)C(C)C)[C@H]2C[C@@H](CC(=O)N3CCOCC3)N(C(=O)[C@@H]3CN(C(C)(C)C)C[C@H]3Cc3ccc(Cl)cc3)C2)CC1. The van der Waals surface area contributed by atoms with Crippen molar-refractivity contribution < 1.29 is 19.1 Å². The lowest BCUT2D eigenvalue weighted by Crippen LogP contribution is -2.51. The molecule has 9 heteroatoms. The minimum atomic E-state index is -0.224. The Morgan fingerprint density at radius 2 is 1.61 bits per heavy atom. The Balaban J connectivity index is 1.43. The van der Waals surface area contributed by atoms with Gasteiger partial charge in [0.2, 0.25) is 17.7 Å². The van der Waals surface area contributed by atoms with Crippen LogP contribution in [0.2, 0.25) is 5.02 Å². The molecule has 3 amide bonds. The van der Waals surface area contributed by atoms with Crippen LogP contribution in [-0.4, -0.2) is 107 Å². The van der Waals surface area contributed by atoms with E-state index in [0.717, 1.165) is 38.6 Å². The van der Waals surface area contributed by atoms with Crippen LogP contribution in [0.15, 0.2) is 24.3 Å². The second kappa shape index (κ2) is 14.9. The quantitative estimate of drug-likeness (QED) is 0.369. The highest BCUT2D eigenvalue weighted by molar-refractivity contribution is 6.30. The molecule has 1 saturated carbocycles. The Kier molecular flexibility index (Phi) is 11.4. The number of amides is 3. The fourth-order valence-corrected chi connectivity index (χ4v) is 8.35. The molecule has 46 heavy (non-hydrogen) atoms. The number of benzene rings is 1. The smallest absolute Gasteiger partial charge is 0.227 e. The molecule has 4 aliphatic rings. The van der Waals surface area contributed by atoms with Crippen LogP contribution in [0, 0.1) is 23.7 Å². The molecular weight excluding hydrogens is 600 g/mol. The normalized spacial score (nSPS) is 29.4. The molecule has 0 radical (unpaired) electrons. The van der Waals surface area contributed by atoms with Crippen LogP contribution >= 0.6 is 11.6 Å². The number of rotatable bonds is 8. The van der Waals surface area contributed by atoms with Crippen molar-refractivity contribution in [3.8, 4) is 0 Å². The Morgan fingerprint density at radius 1 is 0.957 bits per heavy atom. The Labute approximate surface area is 282 Å². The third-order valence-electron chi connectivity index (χ3n) is 11.1. The Morgan fingerprint density at radius 3 is 2.22 bits per heavy atom. The first-order chi connectivity index (χ1) is 21.8. The third kappa shape index (κ3) is 8.27. The number of halogens is 1. The molecule has 3 heterocycles. The van der Waals surface area contributed by atoms with Crippen LogP contribution in [0.1, 0.15) is 85.6 Å². The van der Waals surface area contributed by atoms with Crippen LogP contribution in [0.4, 0.5) is 0 Å². The summed E-state index contributed by atoms with van der Waals surface area (Å²) in [5, 5.41) is 0.711. The Bertz CT molecular complexity index is 1200. The molecule has 0 aromatic heterocycles. The molecule has 8 nitrogen and oxygen atoms in total. The first-order valence-electron chi connectivity index (χ1n) is 17.8. The van der Waals surface area contributed by atoms with Crippen molar-refractivity contribution in [1.82, 2.24) is 19.6 Å². The lowest BCUT2D eigenvalue weighted by atomic mass is 9.85. The summed E-state index contributed by atoms with van der Waals surface area (Å²) in [6, 6.07) is 7.89. The van der Waals surface area contributed by atoms with E-state index in [1.165, 1.54) is 5.56 Å². The van der Waals surface area contributed by atoms with Crippen molar-refractivity contribution in [3.05, 3.63) is 34.9 Å². The van der Waals surface area contributed by atoms with Crippen LogP contribution in [-0.2, 0) is 25.5 Å². The zero-order valence-electron chi connectivity index (χ0n) is 29.1. The summed E-state index contributed by atoms with van der Waals surface area (Å²) in [5.74, 6) is 0.935. The van der Waals surface area contributed by atoms with E-state index in [4.69, 9.17) is 16.3 Å². The third-order valence-corrected chi connectivity index (χ3v) is 11.3. The molecule has 3 aliphatic heterocycles. The van der Waals surface area contributed by atoms with Gasteiger partial charge in [-0.15, -0.1) is 0 Å². The molecule has 1 aliphatic carbocycles. The molecular formula is C37H57ClN4O4. The van der Waals surface area contributed by atoms with Gasteiger partial charge in [-0.2, -0.15) is 0 Å².